The van der Waals surface area contributed by atoms with Crippen molar-refractivity contribution in [2.24, 2.45) is 0 Å². The van der Waals surface area contributed by atoms with E-state index in [0.717, 1.165) is 27.8 Å². The lowest BCUT2D eigenvalue weighted by atomic mass is 10.1. The van der Waals surface area contributed by atoms with Crippen LogP contribution < -0.4 is 15.5 Å². The van der Waals surface area contributed by atoms with Gasteiger partial charge in [-0.05, 0) is 54.4 Å². The van der Waals surface area contributed by atoms with Crippen LogP contribution in [0.1, 0.15) is 28.4 Å². The Bertz CT molecular complexity index is 1330. The maximum atomic E-state index is 12.4. The van der Waals surface area contributed by atoms with Gasteiger partial charge >= 0.3 is 0 Å². The highest BCUT2D eigenvalue weighted by atomic mass is 35.5. The van der Waals surface area contributed by atoms with Crippen molar-refractivity contribution in [3.8, 4) is 0 Å². The zero-order chi connectivity index (χ0) is 24.1. The Morgan fingerprint density at radius 3 is 2.53 bits per heavy atom. The number of nitrogens with one attached hydrogen (secondary N) is 2. The number of nitrogens with zero attached hydrogens (tertiary/aromatic N) is 4. The van der Waals surface area contributed by atoms with Crippen molar-refractivity contribution in [1.82, 2.24) is 15.0 Å². The van der Waals surface area contributed by atoms with E-state index in [1.165, 1.54) is 6.20 Å². The summed E-state index contributed by atoms with van der Waals surface area (Å²) in [5, 5.41) is 7.61. The Balaban J connectivity index is 1.49. The molecule has 0 radical (unpaired) electrons. The molecule has 2 aromatic heterocycles. The molecule has 0 saturated carbocycles. The Labute approximate surface area is 203 Å². The number of amides is 1. The summed E-state index contributed by atoms with van der Waals surface area (Å²) in [5.74, 6) is 1.17. The summed E-state index contributed by atoms with van der Waals surface area (Å²) < 4.78 is 0. The summed E-state index contributed by atoms with van der Waals surface area (Å²) in [7, 11) is 3.85. The van der Waals surface area contributed by atoms with E-state index in [-0.39, 0.29) is 5.91 Å². The molecule has 34 heavy (non-hydrogen) atoms. The zero-order valence-corrected chi connectivity index (χ0v) is 20.0. The number of anilines is 3. The third-order valence-electron chi connectivity index (χ3n) is 5.13. The van der Waals surface area contributed by atoms with Gasteiger partial charge in [-0.2, -0.15) is 4.98 Å². The van der Waals surface area contributed by atoms with Gasteiger partial charge in [0.25, 0.3) is 5.91 Å². The van der Waals surface area contributed by atoms with Crippen molar-refractivity contribution in [2.45, 2.75) is 13.5 Å². The number of rotatable bonds is 7. The normalized spacial score (nSPS) is 11.1. The van der Waals surface area contributed by atoms with Crippen molar-refractivity contribution < 1.29 is 4.79 Å². The molecule has 0 unspecified atom stereocenters. The van der Waals surface area contributed by atoms with Crippen LogP contribution in [-0.4, -0.2) is 35.0 Å². The molecule has 0 aliphatic heterocycles. The molecule has 0 spiro atoms. The standard InChI is InChI=1S/C26H25ClN6O/c1-4-5-17-8-12-21-22(14-17)31-26(33(2)3)32-24(21)29-15-18-6-10-20(11-7-18)30-25(34)19-9-13-23(27)28-16-19/h4-14,16H,15H2,1-3H3,(H,30,34)(H,29,31,32). The van der Waals surface area contributed by atoms with Gasteiger partial charge in [-0.3, -0.25) is 4.79 Å². The fraction of sp³-hybridized carbons (Fsp3) is 0.154. The second-order valence-corrected chi connectivity index (χ2v) is 8.30. The predicted molar refractivity (Wildman–Crippen MR) is 140 cm³/mol. The number of benzene rings is 2. The van der Waals surface area contributed by atoms with Gasteiger partial charge in [0.15, 0.2) is 0 Å². The van der Waals surface area contributed by atoms with Crippen LogP contribution >= 0.6 is 11.6 Å². The molecule has 2 heterocycles. The summed E-state index contributed by atoms with van der Waals surface area (Å²) in [5.41, 5.74) is 4.17. The highest BCUT2D eigenvalue weighted by Crippen LogP contribution is 2.25. The lowest BCUT2D eigenvalue weighted by Gasteiger charge is -2.15. The van der Waals surface area contributed by atoms with Crippen LogP contribution in [0.4, 0.5) is 17.5 Å². The highest BCUT2D eigenvalue weighted by Gasteiger charge is 2.10. The first-order chi connectivity index (χ1) is 16.4. The van der Waals surface area contributed by atoms with Gasteiger partial charge in [-0.25, -0.2) is 9.97 Å². The maximum Gasteiger partial charge on any atom is 0.257 e. The third-order valence-corrected chi connectivity index (χ3v) is 5.35. The van der Waals surface area contributed by atoms with Gasteiger partial charge in [-0.1, -0.05) is 42.0 Å². The molecule has 172 valence electrons. The number of carbonyl (C=O) groups excluding carboxylic acids is 1. The van der Waals surface area contributed by atoms with Crippen molar-refractivity contribution >= 4 is 51.9 Å². The molecular formula is C26H25ClN6O. The maximum absolute atomic E-state index is 12.4. The topological polar surface area (TPSA) is 83.0 Å². The summed E-state index contributed by atoms with van der Waals surface area (Å²) in [6.45, 7) is 2.57. The zero-order valence-electron chi connectivity index (χ0n) is 19.2. The van der Waals surface area contributed by atoms with Gasteiger partial charge < -0.3 is 15.5 Å². The average molecular weight is 473 g/mol. The van der Waals surface area contributed by atoms with E-state index in [9.17, 15) is 4.79 Å². The van der Waals surface area contributed by atoms with Crippen LogP contribution in [0.3, 0.4) is 0 Å². The van der Waals surface area contributed by atoms with Crippen LogP contribution in [-0.2, 0) is 6.54 Å². The number of allylic oxidation sites excluding steroid dienone is 1. The summed E-state index contributed by atoms with van der Waals surface area (Å²) in [6, 6.07) is 17.0. The molecule has 2 N–H and O–H groups in total. The number of hydrogen-bond donors (Lipinski definition) is 2. The van der Waals surface area contributed by atoms with E-state index in [2.05, 4.69) is 27.8 Å². The molecule has 1 amide bonds. The first-order valence-electron chi connectivity index (χ1n) is 10.8. The van der Waals surface area contributed by atoms with Gasteiger partial charge in [0.05, 0.1) is 11.1 Å². The van der Waals surface area contributed by atoms with Crippen LogP contribution in [0, 0.1) is 0 Å². The lowest BCUT2D eigenvalue weighted by molar-refractivity contribution is 0.102. The quantitative estimate of drug-likeness (QED) is 0.338. The largest absolute Gasteiger partial charge is 0.365 e. The molecule has 4 rings (SSSR count). The molecule has 2 aromatic carbocycles. The fourth-order valence-corrected chi connectivity index (χ4v) is 3.48. The fourth-order valence-electron chi connectivity index (χ4n) is 3.37. The number of hydrogen-bond acceptors (Lipinski definition) is 6. The Hall–Kier alpha value is -3.97. The van der Waals surface area contributed by atoms with E-state index in [1.54, 1.807) is 12.1 Å². The van der Waals surface area contributed by atoms with E-state index in [1.807, 2.05) is 68.4 Å². The van der Waals surface area contributed by atoms with Crippen LogP contribution in [0.2, 0.25) is 5.15 Å². The van der Waals surface area contributed by atoms with Crippen molar-refractivity contribution in [1.29, 1.82) is 0 Å². The van der Waals surface area contributed by atoms with E-state index in [0.29, 0.717) is 28.9 Å². The molecule has 0 saturated heterocycles. The third kappa shape index (κ3) is 5.50. The number of halogens is 1. The lowest BCUT2D eigenvalue weighted by Crippen LogP contribution is -2.14. The molecule has 0 atom stereocenters. The molecule has 0 aliphatic carbocycles. The summed E-state index contributed by atoms with van der Waals surface area (Å²) in [6.07, 6.45) is 5.51. The minimum absolute atomic E-state index is 0.240. The van der Waals surface area contributed by atoms with Crippen molar-refractivity contribution in [2.75, 3.05) is 29.6 Å². The van der Waals surface area contributed by atoms with E-state index >= 15 is 0 Å². The molecule has 7 nitrogen and oxygen atoms in total. The average Bonchev–Trinajstić information content (AvgIpc) is 2.83. The minimum Gasteiger partial charge on any atom is -0.365 e. The first-order valence-corrected chi connectivity index (χ1v) is 11.2. The highest BCUT2D eigenvalue weighted by molar-refractivity contribution is 6.29. The Morgan fingerprint density at radius 2 is 1.85 bits per heavy atom. The van der Waals surface area contributed by atoms with Crippen molar-refractivity contribution in [3.63, 3.8) is 0 Å². The minimum atomic E-state index is -0.240. The SMILES string of the molecule is CC=Cc1ccc2c(NCc3ccc(NC(=O)c4ccc(Cl)nc4)cc3)nc(N(C)C)nc2c1. The Kier molecular flexibility index (Phi) is 7.04. The van der Waals surface area contributed by atoms with Gasteiger partial charge in [0.2, 0.25) is 5.95 Å². The van der Waals surface area contributed by atoms with Gasteiger partial charge in [-0.15, -0.1) is 0 Å². The summed E-state index contributed by atoms with van der Waals surface area (Å²) in [4.78, 5) is 27.6. The van der Waals surface area contributed by atoms with Gasteiger partial charge in [0.1, 0.15) is 11.0 Å². The van der Waals surface area contributed by atoms with Crippen LogP contribution in [0.5, 0.6) is 0 Å². The van der Waals surface area contributed by atoms with E-state index in [4.69, 9.17) is 21.6 Å². The monoisotopic (exact) mass is 472 g/mol. The first kappa shape index (κ1) is 23.2. The van der Waals surface area contributed by atoms with Crippen molar-refractivity contribution in [3.05, 3.63) is 88.7 Å². The number of fused-ring (bicyclic) bond motifs is 1. The number of aromatic nitrogens is 3. The summed E-state index contributed by atoms with van der Waals surface area (Å²) >= 11 is 5.78. The van der Waals surface area contributed by atoms with E-state index < -0.39 is 0 Å². The smallest absolute Gasteiger partial charge is 0.257 e. The number of pyridine rings is 1. The molecule has 0 aliphatic rings. The number of carbonyl (C=O) groups is 1. The molecule has 8 heteroatoms. The second-order valence-electron chi connectivity index (χ2n) is 7.92. The molecule has 4 aromatic rings. The predicted octanol–water partition coefficient (Wildman–Crippen LogP) is 5.64. The second kappa shape index (κ2) is 10.3. The van der Waals surface area contributed by atoms with Crippen LogP contribution in [0.25, 0.3) is 17.0 Å². The molecule has 0 fully saturated rings. The molecular weight excluding hydrogens is 448 g/mol. The van der Waals surface area contributed by atoms with Crippen LogP contribution in [0.15, 0.2) is 66.9 Å². The Morgan fingerprint density at radius 1 is 1.06 bits per heavy atom. The van der Waals surface area contributed by atoms with Gasteiger partial charge in [0, 0.05) is 37.9 Å². The molecule has 0 bridgehead atoms.